The highest BCUT2D eigenvalue weighted by atomic mass is 16.6. The summed E-state index contributed by atoms with van der Waals surface area (Å²) in [5.41, 5.74) is 4.06. The Balaban J connectivity index is 1.55. The van der Waals surface area contributed by atoms with E-state index in [4.69, 9.17) is 14.0 Å². The number of nitrogens with one attached hydrogen (secondary N) is 1. The van der Waals surface area contributed by atoms with Crippen LogP contribution in [-0.4, -0.2) is 40.0 Å². The number of nitrogens with zero attached hydrogens (tertiary/aromatic N) is 3. The molecule has 0 saturated carbocycles. The van der Waals surface area contributed by atoms with Crippen LogP contribution in [-0.2, 0) is 14.3 Å². The third kappa shape index (κ3) is 5.01. The van der Waals surface area contributed by atoms with Gasteiger partial charge in [-0.15, -0.1) is 0 Å². The second kappa shape index (κ2) is 8.59. The molecule has 0 radical (unpaired) electrons. The van der Waals surface area contributed by atoms with Gasteiger partial charge in [-0.25, -0.2) is 9.48 Å². The fourth-order valence-corrected chi connectivity index (χ4v) is 2.67. The maximum Gasteiger partial charge on any atom is 0.344 e. The molecule has 29 heavy (non-hydrogen) atoms. The van der Waals surface area contributed by atoms with Crippen LogP contribution >= 0.6 is 0 Å². The van der Waals surface area contributed by atoms with E-state index in [1.807, 2.05) is 38.1 Å². The Morgan fingerprint density at radius 1 is 1.10 bits per heavy atom. The largest absolute Gasteiger partial charge is 0.463 e. The van der Waals surface area contributed by atoms with Crippen LogP contribution in [0.3, 0.4) is 0 Å². The van der Waals surface area contributed by atoms with E-state index in [1.54, 1.807) is 18.5 Å². The molecule has 0 aliphatic carbocycles. The van der Waals surface area contributed by atoms with Gasteiger partial charge in [0, 0.05) is 6.07 Å². The molecule has 0 saturated heterocycles. The second-order valence-corrected chi connectivity index (χ2v) is 6.57. The molecule has 1 N–H and O–H groups in total. The molecule has 1 aromatic carbocycles. The van der Waals surface area contributed by atoms with E-state index >= 15 is 0 Å². The lowest BCUT2D eigenvalue weighted by Gasteiger charge is -2.08. The molecule has 3 aromatic rings. The lowest BCUT2D eigenvalue weighted by atomic mass is 10.2. The molecule has 0 bridgehead atoms. The summed E-state index contributed by atoms with van der Waals surface area (Å²) in [6.45, 7) is 6.56. The maximum atomic E-state index is 12.2. The second-order valence-electron chi connectivity index (χ2n) is 6.57. The van der Waals surface area contributed by atoms with Gasteiger partial charge in [-0.2, -0.15) is 5.10 Å². The van der Waals surface area contributed by atoms with Crippen molar-refractivity contribution in [3.8, 4) is 11.6 Å². The number of esters is 1. The number of aryl methyl sites for hydroxylation is 3. The summed E-state index contributed by atoms with van der Waals surface area (Å²) in [6, 6.07) is 9.44. The molecule has 2 aromatic heterocycles. The maximum absolute atomic E-state index is 12.2. The molecule has 9 heteroatoms. The Kier molecular flexibility index (Phi) is 5.96. The Morgan fingerprint density at radius 3 is 2.48 bits per heavy atom. The van der Waals surface area contributed by atoms with Crippen molar-refractivity contribution in [3.63, 3.8) is 0 Å². The highest BCUT2D eigenvalue weighted by Gasteiger charge is 2.16. The molecular formula is C20H22N4O5. The van der Waals surface area contributed by atoms with Crippen molar-refractivity contribution >= 4 is 17.6 Å². The number of carbonyl (C=O) groups is 2. The highest BCUT2D eigenvalue weighted by molar-refractivity contribution is 5.94. The summed E-state index contributed by atoms with van der Waals surface area (Å²) in [7, 11) is 0. The number of hydrogen-bond donors (Lipinski definition) is 1. The van der Waals surface area contributed by atoms with Crippen molar-refractivity contribution in [2.75, 3.05) is 18.5 Å². The number of hydrogen-bond acceptors (Lipinski definition) is 7. The first-order valence-corrected chi connectivity index (χ1v) is 8.98. The van der Waals surface area contributed by atoms with Crippen LogP contribution in [0.5, 0.6) is 5.88 Å². The quantitative estimate of drug-likeness (QED) is 0.610. The van der Waals surface area contributed by atoms with Crippen molar-refractivity contribution in [1.29, 1.82) is 0 Å². The average molecular weight is 398 g/mol. The summed E-state index contributed by atoms with van der Waals surface area (Å²) in [5, 5.41) is 10.8. The SMILES string of the molecule is Cc1ccc(-n2nc(C)c(NC(=O)COC(=O)COc3cc(C)on3)c2C)cc1. The summed E-state index contributed by atoms with van der Waals surface area (Å²) in [4.78, 5) is 23.9. The van der Waals surface area contributed by atoms with E-state index in [0.29, 0.717) is 17.1 Å². The lowest BCUT2D eigenvalue weighted by molar-refractivity contribution is -0.149. The number of aromatic nitrogens is 3. The predicted molar refractivity (Wildman–Crippen MR) is 104 cm³/mol. The van der Waals surface area contributed by atoms with E-state index < -0.39 is 18.5 Å². The summed E-state index contributed by atoms with van der Waals surface area (Å²) in [5.74, 6) is -0.418. The molecule has 152 valence electrons. The molecule has 9 nitrogen and oxygen atoms in total. The van der Waals surface area contributed by atoms with Gasteiger partial charge in [-0.3, -0.25) is 4.79 Å². The van der Waals surface area contributed by atoms with E-state index in [-0.39, 0.29) is 12.5 Å². The number of anilines is 1. The smallest absolute Gasteiger partial charge is 0.344 e. The molecule has 0 spiro atoms. The molecule has 3 rings (SSSR count). The normalized spacial score (nSPS) is 10.6. The minimum absolute atomic E-state index is 0.179. The molecular weight excluding hydrogens is 376 g/mol. The monoisotopic (exact) mass is 398 g/mol. The van der Waals surface area contributed by atoms with Crippen LogP contribution < -0.4 is 10.1 Å². The van der Waals surface area contributed by atoms with Gasteiger partial charge in [0.1, 0.15) is 5.76 Å². The Labute approximate surface area is 167 Å². The van der Waals surface area contributed by atoms with E-state index in [1.165, 1.54) is 6.07 Å². The van der Waals surface area contributed by atoms with Gasteiger partial charge in [-0.1, -0.05) is 17.7 Å². The molecule has 2 heterocycles. The zero-order valence-corrected chi connectivity index (χ0v) is 16.7. The van der Waals surface area contributed by atoms with Crippen LogP contribution in [0.15, 0.2) is 34.9 Å². The highest BCUT2D eigenvalue weighted by Crippen LogP contribution is 2.23. The number of carbonyl (C=O) groups excluding carboxylic acids is 2. The van der Waals surface area contributed by atoms with Gasteiger partial charge in [0.25, 0.3) is 11.8 Å². The van der Waals surface area contributed by atoms with Crippen molar-refractivity contribution in [1.82, 2.24) is 14.9 Å². The van der Waals surface area contributed by atoms with Gasteiger partial charge in [0.2, 0.25) is 0 Å². The molecule has 1 amide bonds. The van der Waals surface area contributed by atoms with Crippen LogP contribution in [0.4, 0.5) is 5.69 Å². The Morgan fingerprint density at radius 2 is 1.83 bits per heavy atom. The minimum Gasteiger partial charge on any atom is -0.463 e. The first kappa shape index (κ1) is 20.1. The third-order valence-electron chi connectivity index (χ3n) is 4.14. The van der Waals surface area contributed by atoms with Gasteiger partial charge < -0.3 is 19.3 Å². The molecule has 0 atom stereocenters. The van der Waals surface area contributed by atoms with Crippen LogP contribution in [0.2, 0.25) is 0 Å². The standard InChI is InChI=1S/C20H22N4O5/c1-12-5-7-16(8-6-12)24-15(4)20(14(3)22-24)21-17(25)10-28-19(26)11-27-18-9-13(2)29-23-18/h5-9H,10-11H2,1-4H3,(H,21,25). The van der Waals surface area contributed by atoms with Gasteiger partial charge in [0.15, 0.2) is 13.2 Å². The Hall–Kier alpha value is -3.62. The predicted octanol–water partition coefficient (Wildman–Crippen LogP) is 2.65. The van der Waals surface area contributed by atoms with E-state index in [0.717, 1.165) is 16.9 Å². The first-order chi connectivity index (χ1) is 13.8. The van der Waals surface area contributed by atoms with Crippen molar-refractivity contribution in [2.24, 2.45) is 0 Å². The number of benzene rings is 1. The third-order valence-corrected chi connectivity index (χ3v) is 4.14. The first-order valence-electron chi connectivity index (χ1n) is 8.98. The van der Waals surface area contributed by atoms with Crippen molar-refractivity contribution in [3.05, 3.63) is 53.0 Å². The number of ether oxygens (including phenoxy) is 2. The minimum atomic E-state index is -0.690. The Bertz CT molecular complexity index is 1020. The topological polar surface area (TPSA) is 108 Å². The van der Waals surface area contributed by atoms with Crippen molar-refractivity contribution in [2.45, 2.75) is 27.7 Å². The molecule has 0 aliphatic heterocycles. The summed E-state index contributed by atoms with van der Waals surface area (Å²) < 4.78 is 16.6. The molecule has 0 fully saturated rings. The van der Waals surface area contributed by atoms with Gasteiger partial charge in [0.05, 0.1) is 22.8 Å². The average Bonchev–Trinajstić information content (AvgIpc) is 3.23. The molecule has 0 aliphatic rings. The zero-order chi connectivity index (χ0) is 21.0. The molecule has 0 unspecified atom stereocenters. The van der Waals surface area contributed by atoms with E-state index in [2.05, 4.69) is 15.6 Å². The zero-order valence-electron chi connectivity index (χ0n) is 16.7. The lowest BCUT2D eigenvalue weighted by Crippen LogP contribution is -2.24. The summed E-state index contributed by atoms with van der Waals surface area (Å²) in [6.07, 6.45) is 0. The van der Waals surface area contributed by atoms with E-state index in [9.17, 15) is 9.59 Å². The van der Waals surface area contributed by atoms with Crippen LogP contribution in [0.1, 0.15) is 22.7 Å². The van der Waals surface area contributed by atoms with Crippen LogP contribution in [0.25, 0.3) is 5.69 Å². The fraction of sp³-hybridized carbons (Fsp3) is 0.300. The van der Waals surface area contributed by atoms with Gasteiger partial charge >= 0.3 is 5.97 Å². The number of rotatable bonds is 7. The number of amides is 1. The fourth-order valence-electron chi connectivity index (χ4n) is 2.67. The van der Waals surface area contributed by atoms with Crippen molar-refractivity contribution < 1.29 is 23.6 Å². The summed E-state index contributed by atoms with van der Waals surface area (Å²) >= 11 is 0. The van der Waals surface area contributed by atoms with Gasteiger partial charge in [-0.05, 0) is 45.0 Å². The van der Waals surface area contributed by atoms with Crippen LogP contribution in [0, 0.1) is 27.7 Å².